The number of rotatable bonds is 5. The molecule has 0 aliphatic carbocycles. The summed E-state index contributed by atoms with van der Waals surface area (Å²) >= 11 is 5.75. The first-order chi connectivity index (χ1) is 8.70. The smallest absolute Gasteiger partial charge is 0.244 e. The number of halogens is 1. The highest BCUT2D eigenvalue weighted by Crippen LogP contribution is 2.18. The summed E-state index contributed by atoms with van der Waals surface area (Å²) in [5, 5.41) is 4.39. The molecule has 2 heterocycles. The van der Waals surface area contributed by atoms with Gasteiger partial charge in [0.05, 0.1) is 11.1 Å². The number of methoxy groups -OCH3 is 1. The zero-order valence-electron chi connectivity index (χ0n) is 9.84. The van der Waals surface area contributed by atoms with Crippen LogP contribution < -0.4 is 5.73 Å². The molecule has 6 nitrogen and oxygen atoms in total. The van der Waals surface area contributed by atoms with Gasteiger partial charge in [0.25, 0.3) is 0 Å². The minimum Gasteiger partial charge on any atom is -0.385 e. The third kappa shape index (κ3) is 3.04. The van der Waals surface area contributed by atoms with Crippen molar-refractivity contribution in [2.75, 3.05) is 13.7 Å². The number of nitrogens with zero attached hydrogens (tertiary/aromatic N) is 3. The number of hydrogen-bond acceptors (Lipinski definition) is 6. The standard InChI is InChI=1S/C11H13ClN4O2/c1-17-5-4-8(13)11-15-10(16-18-11)9-3-2-7(12)6-14-9/h2-3,6,8H,4-5,13H2,1H3. The maximum absolute atomic E-state index is 5.88. The molecule has 0 fully saturated rings. The molecule has 0 bridgehead atoms. The van der Waals surface area contributed by atoms with E-state index < -0.39 is 0 Å². The molecule has 2 N–H and O–H groups in total. The molecule has 2 aromatic heterocycles. The molecule has 0 saturated heterocycles. The maximum atomic E-state index is 5.88. The third-order valence-corrected chi connectivity index (χ3v) is 2.57. The van der Waals surface area contributed by atoms with E-state index in [9.17, 15) is 0 Å². The molecule has 0 spiro atoms. The van der Waals surface area contributed by atoms with Crippen molar-refractivity contribution in [3.63, 3.8) is 0 Å². The molecule has 0 aromatic carbocycles. The molecule has 0 aliphatic rings. The predicted molar refractivity (Wildman–Crippen MR) is 66.0 cm³/mol. The summed E-state index contributed by atoms with van der Waals surface area (Å²) < 4.78 is 10.0. The van der Waals surface area contributed by atoms with Crippen LogP contribution in [-0.4, -0.2) is 28.8 Å². The minimum absolute atomic E-state index is 0.335. The quantitative estimate of drug-likeness (QED) is 0.890. The number of hydrogen-bond donors (Lipinski definition) is 1. The van der Waals surface area contributed by atoms with Gasteiger partial charge in [-0.2, -0.15) is 4.98 Å². The molecule has 2 rings (SSSR count). The van der Waals surface area contributed by atoms with Gasteiger partial charge in [0.2, 0.25) is 11.7 Å². The molecule has 1 unspecified atom stereocenters. The molecule has 2 aromatic rings. The maximum Gasteiger partial charge on any atom is 0.244 e. The molecule has 18 heavy (non-hydrogen) atoms. The lowest BCUT2D eigenvalue weighted by molar-refractivity contribution is 0.182. The predicted octanol–water partition coefficient (Wildman–Crippen LogP) is 1.82. The topological polar surface area (TPSA) is 87.1 Å². The Morgan fingerprint density at radius 1 is 1.50 bits per heavy atom. The fourth-order valence-corrected chi connectivity index (χ4v) is 1.48. The van der Waals surface area contributed by atoms with Crippen LogP contribution in [0.3, 0.4) is 0 Å². The van der Waals surface area contributed by atoms with Crippen LogP contribution in [0.1, 0.15) is 18.4 Å². The van der Waals surface area contributed by atoms with Gasteiger partial charge >= 0.3 is 0 Å². The summed E-state index contributed by atoms with van der Waals surface area (Å²) in [6.45, 7) is 0.540. The van der Waals surface area contributed by atoms with E-state index in [2.05, 4.69) is 15.1 Å². The lowest BCUT2D eigenvalue weighted by Gasteiger charge is -2.04. The van der Waals surface area contributed by atoms with Crippen molar-refractivity contribution in [3.8, 4) is 11.5 Å². The third-order valence-electron chi connectivity index (χ3n) is 2.35. The van der Waals surface area contributed by atoms with Crippen molar-refractivity contribution >= 4 is 11.6 Å². The van der Waals surface area contributed by atoms with E-state index in [1.54, 1.807) is 19.2 Å². The van der Waals surface area contributed by atoms with Crippen LogP contribution in [0.5, 0.6) is 0 Å². The molecule has 0 saturated carbocycles. The van der Waals surface area contributed by atoms with Gasteiger partial charge in [-0.05, 0) is 18.6 Å². The van der Waals surface area contributed by atoms with E-state index in [1.165, 1.54) is 6.20 Å². The van der Waals surface area contributed by atoms with E-state index in [0.29, 0.717) is 35.5 Å². The zero-order valence-corrected chi connectivity index (χ0v) is 10.6. The second-order valence-corrected chi connectivity index (χ2v) is 4.14. The van der Waals surface area contributed by atoms with Gasteiger partial charge < -0.3 is 15.0 Å². The Bertz CT molecular complexity index is 500. The highest BCUT2D eigenvalue weighted by molar-refractivity contribution is 6.30. The van der Waals surface area contributed by atoms with Crippen LogP contribution in [0.25, 0.3) is 11.5 Å². The molecular weight excluding hydrogens is 256 g/mol. The van der Waals surface area contributed by atoms with Gasteiger partial charge in [-0.1, -0.05) is 16.8 Å². The first-order valence-corrected chi connectivity index (χ1v) is 5.78. The largest absolute Gasteiger partial charge is 0.385 e. The van der Waals surface area contributed by atoms with Gasteiger partial charge in [-0.25, -0.2) is 0 Å². The average molecular weight is 269 g/mol. The van der Waals surface area contributed by atoms with Crippen molar-refractivity contribution in [2.24, 2.45) is 5.73 Å². The first kappa shape index (κ1) is 12.9. The van der Waals surface area contributed by atoms with E-state index in [4.69, 9.17) is 26.6 Å². The van der Waals surface area contributed by atoms with Crippen molar-refractivity contribution in [3.05, 3.63) is 29.2 Å². The van der Waals surface area contributed by atoms with Crippen LogP contribution in [0, 0.1) is 0 Å². The fourth-order valence-electron chi connectivity index (χ4n) is 1.37. The fraction of sp³-hybridized carbons (Fsp3) is 0.364. The lowest BCUT2D eigenvalue weighted by atomic mass is 10.2. The van der Waals surface area contributed by atoms with Gasteiger partial charge in [-0.3, -0.25) is 4.98 Å². The molecule has 0 radical (unpaired) electrons. The highest BCUT2D eigenvalue weighted by atomic mass is 35.5. The van der Waals surface area contributed by atoms with E-state index in [-0.39, 0.29) is 6.04 Å². The summed E-state index contributed by atoms with van der Waals surface area (Å²) in [5.41, 5.74) is 6.47. The van der Waals surface area contributed by atoms with Gasteiger partial charge in [0.15, 0.2) is 0 Å². The monoisotopic (exact) mass is 268 g/mol. The van der Waals surface area contributed by atoms with Crippen LogP contribution >= 0.6 is 11.6 Å². The van der Waals surface area contributed by atoms with E-state index in [1.807, 2.05) is 0 Å². The van der Waals surface area contributed by atoms with Crippen molar-refractivity contribution in [2.45, 2.75) is 12.5 Å². The second kappa shape index (κ2) is 5.90. The second-order valence-electron chi connectivity index (χ2n) is 3.71. The summed E-state index contributed by atoms with van der Waals surface area (Å²) in [6, 6.07) is 3.10. The van der Waals surface area contributed by atoms with Crippen molar-refractivity contribution < 1.29 is 9.26 Å². The van der Waals surface area contributed by atoms with Crippen LogP contribution in [0.2, 0.25) is 5.02 Å². The summed E-state index contributed by atoms with van der Waals surface area (Å²) in [4.78, 5) is 8.30. The molecule has 7 heteroatoms. The van der Waals surface area contributed by atoms with Gasteiger partial charge in [-0.15, -0.1) is 0 Å². The van der Waals surface area contributed by atoms with Crippen LogP contribution in [0.15, 0.2) is 22.9 Å². The van der Waals surface area contributed by atoms with Crippen LogP contribution in [-0.2, 0) is 4.74 Å². The lowest BCUT2D eigenvalue weighted by Crippen LogP contribution is -2.13. The SMILES string of the molecule is COCCC(N)c1nc(-c2ccc(Cl)cn2)no1. The summed E-state index contributed by atoms with van der Waals surface area (Å²) in [7, 11) is 1.61. The Kier molecular flexibility index (Phi) is 4.24. The highest BCUT2D eigenvalue weighted by Gasteiger charge is 2.15. The van der Waals surface area contributed by atoms with E-state index >= 15 is 0 Å². The minimum atomic E-state index is -0.335. The van der Waals surface area contributed by atoms with Crippen LogP contribution in [0.4, 0.5) is 0 Å². The first-order valence-electron chi connectivity index (χ1n) is 5.40. The zero-order chi connectivity index (χ0) is 13.0. The molecule has 0 amide bonds. The Morgan fingerprint density at radius 3 is 3.00 bits per heavy atom. The van der Waals surface area contributed by atoms with Crippen molar-refractivity contribution in [1.82, 2.24) is 15.1 Å². The number of ether oxygens (including phenoxy) is 1. The Balaban J connectivity index is 2.12. The molecule has 0 aliphatic heterocycles. The number of aromatic nitrogens is 3. The van der Waals surface area contributed by atoms with Gasteiger partial charge in [0, 0.05) is 19.9 Å². The normalized spacial score (nSPS) is 12.6. The molecular formula is C11H13ClN4O2. The Hall–Kier alpha value is -1.50. The summed E-state index contributed by atoms with van der Waals surface area (Å²) in [6.07, 6.45) is 2.14. The number of nitrogens with two attached hydrogens (primary N) is 1. The van der Waals surface area contributed by atoms with E-state index in [0.717, 1.165) is 0 Å². The Morgan fingerprint density at radius 2 is 2.33 bits per heavy atom. The molecule has 96 valence electrons. The Labute approximate surface area is 109 Å². The van der Waals surface area contributed by atoms with Crippen molar-refractivity contribution in [1.29, 1.82) is 0 Å². The summed E-state index contributed by atoms with van der Waals surface area (Å²) in [5.74, 6) is 0.772. The average Bonchev–Trinajstić information content (AvgIpc) is 2.86. The van der Waals surface area contributed by atoms with Gasteiger partial charge in [0.1, 0.15) is 5.69 Å². The molecule has 1 atom stereocenters. The number of pyridine rings is 1.